The molecule has 1 amide bonds. The van der Waals surface area contributed by atoms with Gasteiger partial charge in [-0.25, -0.2) is 4.98 Å². The third kappa shape index (κ3) is 4.45. The van der Waals surface area contributed by atoms with Gasteiger partial charge in [-0.05, 0) is 5.75 Å². The maximum Gasteiger partial charge on any atom is 0.228 e. The number of nitrogens with zero attached hydrogens (tertiary/aromatic N) is 2. The van der Waals surface area contributed by atoms with Gasteiger partial charge in [-0.15, -0.1) is 11.3 Å². The van der Waals surface area contributed by atoms with Gasteiger partial charge in [0.2, 0.25) is 5.91 Å². The van der Waals surface area contributed by atoms with E-state index in [0.29, 0.717) is 39.3 Å². The molecule has 1 N–H and O–H groups in total. The zero-order chi connectivity index (χ0) is 16.1. The first-order valence-corrected chi connectivity index (χ1v) is 9.85. The molecule has 1 spiro atoms. The minimum Gasteiger partial charge on any atom is -0.377 e. The minimum absolute atomic E-state index is 0.121. The smallest absolute Gasteiger partial charge is 0.228 e. The van der Waals surface area contributed by atoms with Gasteiger partial charge in [-0.2, -0.15) is 0 Å². The molecule has 1 unspecified atom stereocenters. The maximum atomic E-state index is 12.6. The number of amides is 1. The highest BCUT2D eigenvalue weighted by atomic mass is 32.2. The number of thiazole rings is 1. The van der Waals surface area contributed by atoms with Gasteiger partial charge in [0.25, 0.3) is 0 Å². The van der Waals surface area contributed by atoms with Crippen LogP contribution in [-0.4, -0.2) is 73.1 Å². The topological polar surface area (TPSA) is 63.7 Å². The van der Waals surface area contributed by atoms with Gasteiger partial charge in [0.15, 0.2) is 0 Å². The molecule has 2 aliphatic heterocycles. The van der Waals surface area contributed by atoms with Crippen LogP contribution in [0.4, 0.5) is 0 Å². The molecular formula is C15H23N3O3S2. The third-order valence-electron chi connectivity index (χ3n) is 3.97. The SMILES string of the molecule is CCSc1nc(CC(=O)N2CCOC3(CNCCOC3)C2)cs1. The first-order chi connectivity index (χ1) is 11.2. The second-order valence-corrected chi connectivity index (χ2v) is 8.16. The van der Waals surface area contributed by atoms with E-state index in [1.165, 1.54) is 0 Å². The van der Waals surface area contributed by atoms with Crippen LogP contribution in [0.15, 0.2) is 9.72 Å². The van der Waals surface area contributed by atoms with E-state index in [0.717, 1.165) is 28.9 Å². The molecular weight excluding hydrogens is 334 g/mol. The highest BCUT2D eigenvalue weighted by Gasteiger charge is 2.39. The average molecular weight is 358 g/mol. The first kappa shape index (κ1) is 17.2. The molecule has 128 valence electrons. The fourth-order valence-corrected chi connectivity index (χ4v) is 4.59. The van der Waals surface area contributed by atoms with Gasteiger partial charge < -0.3 is 19.7 Å². The van der Waals surface area contributed by atoms with Crippen molar-refractivity contribution in [1.82, 2.24) is 15.2 Å². The lowest BCUT2D eigenvalue weighted by molar-refractivity contribution is -0.157. The van der Waals surface area contributed by atoms with Crippen molar-refractivity contribution >= 4 is 29.0 Å². The van der Waals surface area contributed by atoms with Crippen LogP contribution in [0.25, 0.3) is 0 Å². The summed E-state index contributed by atoms with van der Waals surface area (Å²) in [5, 5.41) is 5.32. The lowest BCUT2D eigenvalue weighted by atomic mass is 10.0. The summed E-state index contributed by atoms with van der Waals surface area (Å²) >= 11 is 3.33. The van der Waals surface area contributed by atoms with Crippen LogP contribution >= 0.6 is 23.1 Å². The van der Waals surface area contributed by atoms with Crippen molar-refractivity contribution in [2.75, 3.05) is 51.8 Å². The summed E-state index contributed by atoms with van der Waals surface area (Å²) in [4.78, 5) is 19.0. The van der Waals surface area contributed by atoms with Crippen molar-refractivity contribution in [3.63, 3.8) is 0 Å². The number of hydrogen-bond donors (Lipinski definition) is 1. The number of thioether (sulfide) groups is 1. The molecule has 0 radical (unpaired) electrons. The van der Waals surface area contributed by atoms with Gasteiger partial charge in [0.1, 0.15) is 9.94 Å². The van der Waals surface area contributed by atoms with Crippen molar-refractivity contribution in [1.29, 1.82) is 0 Å². The number of morpholine rings is 1. The minimum atomic E-state index is -0.407. The normalized spacial score (nSPS) is 25.5. The first-order valence-electron chi connectivity index (χ1n) is 7.98. The Labute approximate surface area is 144 Å². The highest BCUT2D eigenvalue weighted by molar-refractivity contribution is 8.00. The zero-order valence-electron chi connectivity index (χ0n) is 13.4. The molecule has 2 fully saturated rings. The van der Waals surface area contributed by atoms with E-state index in [2.05, 4.69) is 17.2 Å². The second kappa shape index (κ2) is 7.94. The summed E-state index contributed by atoms with van der Waals surface area (Å²) in [6.07, 6.45) is 0.366. The number of ether oxygens (including phenoxy) is 2. The van der Waals surface area contributed by atoms with E-state index in [4.69, 9.17) is 9.47 Å². The van der Waals surface area contributed by atoms with Gasteiger partial charge in [-0.3, -0.25) is 4.79 Å². The van der Waals surface area contributed by atoms with Gasteiger partial charge in [0.05, 0.1) is 38.5 Å². The highest BCUT2D eigenvalue weighted by Crippen LogP contribution is 2.24. The van der Waals surface area contributed by atoms with Crippen molar-refractivity contribution in [3.05, 3.63) is 11.1 Å². The fraction of sp³-hybridized carbons (Fsp3) is 0.733. The number of nitrogens with one attached hydrogen (secondary N) is 1. The molecule has 3 rings (SSSR count). The standard InChI is InChI=1S/C15H23N3O3S2/c1-2-22-14-17-12(8-23-14)7-13(19)18-4-6-21-15(10-18)9-16-3-5-20-11-15/h8,16H,2-7,9-11H2,1H3. The number of carbonyl (C=O) groups is 1. The Morgan fingerprint density at radius 3 is 3.35 bits per heavy atom. The van der Waals surface area contributed by atoms with E-state index in [1.54, 1.807) is 23.1 Å². The van der Waals surface area contributed by atoms with E-state index in [-0.39, 0.29) is 5.91 Å². The van der Waals surface area contributed by atoms with Gasteiger partial charge >= 0.3 is 0 Å². The Hall–Kier alpha value is -0.670. The van der Waals surface area contributed by atoms with Crippen molar-refractivity contribution < 1.29 is 14.3 Å². The van der Waals surface area contributed by atoms with E-state index in [1.807, 2.05) is 10.3 Å². The molecule has 2 aliphatic rings. The lowest BCUT2D eigenvalue weighted by Crippen LogP contribution is -2.59. The van der Waals surface area contributed by atoms with Crippen molar-refractivity contribution in [2.45, 2.75) is 23.3 Å². The van der Waals surface area contributed by atoms with Crippen LogP contribution in [0.2, 0.25) is 0 Å². The second-order valence-electron chi connectivity index (χ2n) is 5.79. The number of carbonyl (C=O) groups excluding carboxylic acids is 1. The zero-order valence-corrected chi connectivity index (χ0v) is 15.0. The van der Waals surface area contributed by atoms with Crippen LogP contribution in [0.3, 0.4) is 0 Å². The van der Waals surface area contributed by atoms with Crippen molar-refractivity contribution in [3.8, 4) is 0 Å². The summed E-state index contributed by atoms with van der Waals surface area (Å²) in [6, 6.07) is 0. The summed E-state index contributed by atoms with van der Waals surface area (Å²) < 4.78 is 12.6. The Kier molecular flexibility index (Phi) is 5.92. The monoisotopic (exact) mass is 357 g/mol. The lowest BCUT2D eigenvalue weighted by Gasteiger charge is -2.41. The molecule has 1 aromatic rings. The molecule has 8 heteroatoms. The molecule has 1 aromatic heterocycles. The molecule has 23 heavy (non-hydrogen) atoms. The van der Waals surface area contributed by atoms with E-state index < -0.39 is 5.60 Å². The van der Waals surface area contributed by atoms with Crippen LogP contribution in [0.1, 0.15) is 12.6 Å². The molecule has 0 aliphatic carbocycles. The molecule has 0 saturated carbocycles. The molecule has 0 aromatic carbocycles. The predicted octanol–water partition coefficient (Wildman–Crippen LogP) is 1.02. The largest absolute Gasteiger partial charge is 0.377 e. The number of aromatic nitrogens is 1. The number of rotatable bonds is 4. The summed E-state index contributed by atoms with van der Waals surface area (Å²) in [7, 11) is 0. The Morgan fingerprint density at radius 2 is 2.48 bits per heavy atom. The molecule has 1 atom stereocenters. The Morgan fingerprint density at radius 1 is 1.57 bits per heavy atom. The maximum absolute atomic E-state index is 12.6. The predicted molar refractivity (Wildman–Crippen MR) is 91.2 cm³/mol. The summed E-state index contributed by atoms with van der Waals surface area (Å²) in [6.45, 7) is 6.67. The quantitative estimate of drug-likeness (QED) is 0.812. The van der Waals surface area contributed by atoms with Gasteiger partial charge in [-0.1, -0.05) is 18.7 Å². The molecule has 0 bridgehead atoms. The van der Waals surface area contributed by atoms with Crippen LogP contribution < -0.4 is 5.32 Å². The number of hydrogen-bond acceptors (Lipinski definition) is 7. The molecule has 2 saturated heterocycles. The van der Waals surface area contributed by atoms with Crippen LogP contribution in [0.5, 0.6) is 0 Å². The van der Waals surface area contributed by atoms with E-state index >= 15 is 0 Å². The fourth-order valence-electron chi connectivity index (χ4n) is 2.85. The van der Waals surface area contributed by atoms with Crippen LogP contribution in [0, 0.1) is 0 Å². The van der Waals surface area contributed by atoms with Crippen molar-refractivity contribution in [2.24, 2.45) is 0 Å². The molecule has 3 heterocycles. The van der Waals surface area contributed by atoms with Crippen LogP contribution in [-0.2, 0) is 20.7 Å². The summed E-state index contributed by atoms with van der Waals surface area (Å²) in [5.74, 6) is 1.12. The average Bonchev–Trinajstić information content (AvgIpc) is 2.86. The van der Waals surface area contributed by atoms with E-state index in [9.17, 15) is 4.79 Å². The molecule has 6 nitrogen and oxygen atoms in total. The Bertz CT molecular complexity index is 530. The third-order valence-corrected chi connectivity index (χ3v) is 5.92. The summed E-state index contributed by atoms with van der Waals surface area (Å²) in [5.41, 5.74) is 0.460. The van der Waals surface area contributed by atoms with Gasteiger partial charge in [0, 0.05) is 25.0 Å². The Balaban J connectivity index is 1.59.